The average molecular weight is 337 g/mol. The lowest BCUT2D eigenvalue weighted by molar-refractivity contribution is -0.143. The topological polar surface area (TPSA) is 99.0 Å². The lowest BCUT2D eigenvalue weighted by Gasteiger charge is -2.09. The fourth-order valence-electron chi connectivity index (χ4n) is 2.17. The van der Waals surface area contributed by atoms with E-state index in [4.69, 9.17) is 4.74 Å². The lowest BCUT2D eigenvalue weighted by Crippen LogP contribution is -2.31. The number of benzene rings is 2. The third kappa shape index (κ3) is 4.25. The van der Waals surface area contributed by atoms with E-state index in [1.165, 1.54) is 11.0 Å². The summed E-state index contributed by atoms with van der Waals surface area (Å²) < 4.78 is 6.50. The summed E-state index contributed by atoms with van der Waals surface area (Å²) in [4.78, 5) is 24.1. The third-order valence-electron chi connectivity index (χ3n) is 3.38. The third-order valence-corrected chi connectivity index (χ3v) is 3.38. The molecule has 0 saturated heterocycles. The first-order valence-corrected chi connectivity index (χ1v) is 7.54. The standard InChI is InChI=1S/C17H15N5O3/c23-16(25-11-13-6-2-1-3-7-13)10-18-17(24)14-8-4-5-9-15(14)22-12-19-20-21-22/h1-9,12H,10-11H2,(H,18,24). The molecule has 0 saturated carbocycles. The van der Waals surface area contributed by atoms with Crippen LogP contribution in [0.2, 0.25) is 0 Å². The second-order valence-electron chi connectivity index (χ2n) is 5.10. The molecule has 1 aromatic heterocycles. The molecule has 1 amide bonds. The number of esters is 1. The number of nitrogens with one attached hydrogen (secondary N) is 1. The summed E-state index contributed by atoms with van der Waals surface area (Å²) in [6.45, 7) is -0.0631. The van der Waals surface area contributed by atoms with Gasteiger partial charge >= 0.3 is 5.97 Å². The first-order valence-electron chi connectivity index (χ1n) is 7.54. The van der Waals surface area contributed by atoms with E-state index in [1.54, 1.807) is 24.3 Å². The normalized spacial score (nSPS) is 10.2. The van der Waals surface area contributed by atoms with Gasteiger partial charge in [0, 0.05) is 0 Å². The SMILES string of the molecule is O=C(CNC(=O)c1ccccc1-n1cnnn1)OCc1ccccc1. The maximum absolute atomic E-state index is 12.3. The van der Waals surface area contributed by atoms with E-state index < -0.39 is 11.9 Å². The van der Waals surface area contributed by atoms with E-state index >= 15 is 0 Å². The Labute approximate surface area is 143 Å². The van der Waals surface area contributed by atoms with Gasteiger partial charge in [0.2, 0.25) is 0 Å². The number of aromatic nitrogens is 4. The van der Waals surface area contributed by atoms with Gasteiger partial charge in [0.1, 0.15) is 19.5 Å². The first-order chi connectivity index (χ1) is 12.2. The van der Waals surface area contributed by atoms with Gasteiger partial charge in [-0.05, 0) is 28.1 Å². The smallest absolute Gasteiger partial charge is 0.325 e. The van der Waals surface area contributed by atoms with Crippen LogP contribution in [0.5, 0.6) is 0 Å². The van der Waals surface area contributed by atoms with Gasteiger partial charge in [0.05, 0.1) is 11.3 Å². The highest BCUT2D eigenvalue weighted by atomic mass is 16.5. The van der Waals surface area contributed by atoms with E-state index in [0.717, 1.165) is 5.56 Å². The molecule has 3 rings (SSSR count). The minimum absolute atomic E-state index is 0.163. The zero-order valence-corrected chi connectivity index (χ0v) is 13.2. The van der Waals surface area contributed by atoms with Crippen molar-refractivity contribution < 1.29 is 14.3 Å². The number of carbonyl (C=O) groups is 2. The summed E-state index contributed by atoms with van der Waals surface area (Å²) in [5.74, 6) is -0.931. The number of hydrogen-bond donors (Lipinski definition) is 1. The Hall–Kier alpha value is -3.55. The molecule has 0 aliphatic carbocycles. The maximum atomic E-state index is 12.3. The van der Waals surface area contributed by atoms with Crippen molar-refractivity contribution in [3.63, 3.8) is 0 Å². The van der Waals surface area contributed by atoms with Crippen molar-refractivity contribution >= 4 is 11.9 Å². The largest absolute Gasteiger partial charge is 0.460 e. The van der Waals surface area contributed by atoms with Gasteiger partial charge in [-0.3, -0.25) is 9.59 Å². The number of rotatable bonds is 6. The van der Waals surface area contributed by atoms with E-state index in [2.05, 4.69) is 20.8 Å². The summed E-state index contributed by atoms with van der Waals surface area (Å²) in [6.07, 6.45) is 1.39. The fourth-order valence-corrected chi connectivity index (χ4v) is 2.17. The number of para-hydroxylation sites is 1. The van der Waals surface area contributed by atoms with Crippen LogP contribution in [0, 0.1) is 0 Å². The summed E-state index contributed by atoms with van der Waals surface area (Å²) in [6, 6.07) is 16.1. The first kappa shape index (κ1) is 16.3. The molecule has 0 aliphatic rings. The molecule has 25 heavy (non-hydrogen) atoms. The van der Waals surface area contributed by atoms with Gasteiger partial charge in [-0.2, -0.15) is 4.68 Å². The van der Waals surface area contributed by atoms with Crippen LogP contribution < -0.4 is 5.32 Å². The Bertz CT molecular complexity index is 850. The molecule has 0 aliphatic heterocycles. The van der Waals surface area contributed by atoms with Crippen molar-refractivity contribution in [3.8, 4) is 5.69 Å². The van der Waals surface area contributed by atoms with Gasteiger partial charge in [-0.25, -0.2) is 0 Å². The van der Waals surface area contributed by atoms with Crippen molar-refractivity contribution in [2.75, 3.05) is 6.54 Å². The number of hydrogen-bond acceptors (Lipinski definition) is 6. The van der Waals surface area contributed by atoms with Gasteiger partial charge in [-0.1, -0.05) is 42.5 Å². The quantitative estimate of drug-likeness (QED) is 0.677. The molecule has 0 spiro atoms. The van der Waals surface area contributed by atoms with Crippen molar-refractivity contribution in [1.29, 1.82) is 0 Å². The average Bonchev–Trinajstić information content (AvgIpc) is 3.20. The lowest BCUT2D eigenvalue weighted by atomic mass is 10.1. The predicted octanol–water partition coefficient (Wildman–Crippen LogP) is 1.14. The Kier molecular flexibility index (Phi) is 5.10. The van der Waals surface area contributed by atoms with Gasteiger partial charge in [0.15, 0.2) is 0 Å². The summed E-state index contributed by atoms with van der Waals surface area (Å²) in [7, 11) is 0. The zero-order valence-electron chi connectivity index (χ0n) is 13.2. The van der Waals surface area contributed by atoms with E-state index in [9.17, 15) is 9.59 Å². The van der Waals surface area contributed by atoms with Crippen LogP contribution in [-0.2, 0) is 16.1 Å². The minimum Gasteiger partial charge on any atom is -0.460 e. The monoisotopic (exact) mass is 337 g/mol. The highest BCUT2D eigenvalue weighted by Crippen LogP contribution is 2.12. The Morgan fingerprint density at radius 3 is 2.56 bits per heavy atom. The summed E-state index contributed by atoms with van der Waals surface area (Å²) >= 11 is 0. The number of nitrogens with zero attached hydrogens (tertiary/aromatic N) is 4. The van der Waals surface area contributed by atoms with Crippen LogP contribution in [0.25, 0.3) is 5.69 Å². The van der Waals surface area contributed by atoms with Crippen molar-refractivity contribution in [3.05, 3.63) is 72.1 Å². The van der Waals surface area contributed by atoms with Crippen LogP contribution >= 0.6 is 0 Å². The molecule has 2 aromatic carbocycles. The van der Waals surface area contributed by atoms with Crippen molar-refractivity contribution in [1.82, 2.24) is 25.5 Å². The van der Waals surface area contributed by atoms with E-state index in [-0.39, 0.29) is 13.2 Å². The Morgan fingerprint density at radius 2 is 1.80 bits per heavy atom. The van der Waals surface area contributed by atoms with Crippen LogP contribution in [-0.4, -0.2) is 38.6 Å². The van der Waals surface area contributed by atoms with Gasteiger partial charge in [0.25, 0.3) is 5.91 Å². The number of carbonyl (C=O) groups excluding carboxylic acids is 2. The molecule has 126 valence electrons. The minimum atomic E-state index is -0.517. The molecule has 8 nitrogen and oxygen atoms in total. The molecule has 0 atom stereocenters. The van der Waals surface area contributed by atoms with Crippen molar-refractivity contribution in [2.45, 2.75) is 6.61 Å². The summed E-state index contributed by atoms with van der Waals surface area (Å²) in [5, 5.41) is 13.4. The second kappa shape index (κ2) is 7.82. The maximum Gasteiger partial charge on any atom is 0.325 e. The van der Waals surface area contributed by atoms with Crippen LogP contribution in [0.15, 0.2) is 60.9 Å². The fraction of sp³-hybridized carbons (Fsp3) is 0.118. The molecule has 3 aromatic rings. The highest BCUT2D eigenvalue weighted by Gasteiger charge is 2.14. The Morgan fingerprint density at radius 1 is 1.04 bits per heavy atom. The number of amides is 1. The molecule has 8 heteroatoms. The molecule has 0 unspecified atom stereocenters. The Balaban J connectivity index is 1.57. The highest BCUT2D eigenvalue weighted by molar-refractivity contribution is 5.99. The molecule has 1 heterocycles. The van der Waals surface area contributed by atoms with Crippen LogP contribution in [0.4, 0.5) is 0 Å². The molecule has 0 fully saturated rings. The predicted molar refractivity (Wildman–Crippen MR) is 87.7 cm³/mol. The van der Waals surface area contributed by atoms with Crippen LogP contribution in [0.1, 0.15) is 15.9 Å². The molecule has 0 radical (unpaired) electrons. The number of ether oxygens (including phenoxy) is 1. The molecule has 0 bridgehead atoms. The van der Waals surface area contributed by atoms with E-state index in [0.29, 0.717) is 11.3 Å². The van der Waals surface area contributed by atoms with Gasteiger partial charge < -0.3 is 10.1 Å². The molecular formula is C17H15N5O3. The second-order valence-corrected chi connectivity index (χ2v) is 5.10. The van der Waals surface area contributed by atoms with Crippen LogP contribution in [0.3, 0.4) is 0 Å². The number of tetrazole rings is 1. The van der Waals surface area contributed by atoms with E-state index in [1.807, 2.05) is 30.3 Å². The van der Waals surface area contributed by atoms with Gasteiger partial charge in [-0.15, -0.1) is 5.10 Å². The molecular weight excluding hydrogens is 322 g/mol. The zero-order chi connectivity index (χ0) is 17.5. The molecule has 1 N–H and O–H groups in total. The summed E-state index contributed by atoms with van der Waals surface area (Å²) in [5.41, 5.74) is 1.75. The van der Waals surface area contributed by atoms with Crippen molar-refractivity contribution in [2.24, 2.45) is 0 Å².